The second-order valence-corrected chi connectivity index (χ2v) is 11.7. The third kappa shape index (κ3) is 6.28. The normalized spacial score (nSPS) is 16.9. The van der Waals surface area contributed by atoms with Gasteiger partial charge >= 0.3 is 5.97 Å². The van der Waals surface area contributed by atoms with Crippen LogP contribution in [0.3, 0.4) is 0 Å². The van der Waals surface area contributed by atoms with Crippen molar-refractivity contribution < 1.29 is 19.0 Å². The predicted molar refractivity (Wildman–Crippen MR) is 142 cm³/mol. The van der Waals surface area contributed by atoms with E-state index in [9.17, 15) is 9.90 Å². The fourth-order valence-electron chi connectivity index (χ4n) is 4.74. The van der Waals surface area contributed by atoms with E-state index in [4.69, 9.17) is 16.3 Å². The average Bonchev–Trinajstić information content (AvgIpc) is 3.39. The lowest BCUT2D eigenvalue weighted by atomic mass is 9.74. The summed E-state index contributed by atoms with van der Waals surface area (Å²) in [7, 11) is 1.55. The van der Waals surface area contributed by atoms with Crippen molar-refractivity contribution in [2.45, 2.75) is 42.5 Å². The van der Waals surface area contributed by atoms with Gasteiger partial charge in [-0.3, -0.25) is 9.78 Å². The number of methoxy groups -OCH3 is 1. The van der Waals surface area contributed by atoms with Gasteiger partial charge in [0.2, 0.25) is 0 Å². The van der Waals surface area contributed by atoms with Crippen molar-refractivity contribution in [3.63, 3.8) is 0 Å². The Labute approximate surface area is 218 Å². The summed E-state index contributed by atoms with van der Waals surface area (Å²) in [6.07, 6.45) is 2.57. The van der Waals surface area contributed by atoms with Crippen LogP contribution in [0.4, 0.5) is 4.39 Å². The minimum Gasteiger partial charge on any atom is -0.497 e. The third-order valence-corrected chi connectivity index (χ3v) is 9.40. The van der Waals surface area contributed by atoms with Crippen LogP contribution < -0.4 is 4.74 Å². The highest BCUT2D eigenvalue weighted by molar-refractivity contribution is 8.01. The van der Waals surface area contributed by atoms with Crippen LogP contribution in [0.5, 0.6) is 5.75 Å². The topological polar surface area (TPSA) is 62.7 Å². The fourth-order valence-corrected chi connectivity index (χ4v) is 6.80. The van der Waals surface area contributed by atoms with Crippen LogP contribution in [0.25, 0.3) is 10.9 Å². The number of carboxylic acid groups (broad SMARTS) is 1. The van der Waals surface area contributed by atoms with E-state index in [1.54, 1.807) is 36.6 Å². The molecule has 3 heterocycles. The molecule has 5 nitrogen and oxygen atoms in total. The quantitative estimate of drug-likeness (QED) is 0.208. The molecule has 1 aromatic carbocycles. The summed E-state index contributed by atoms with van der Waals surface area (Å²) in [5.74, 6) is 0.818. The molecule has 0 aliphatic carbocycles. The largest absolute Gasteiger partial charge is 0.497 e. The number of carbonyl (C=O) groups is 1. The third-order valence-electron chi connectivity index (χ3n) is 6.88. The van der Waals surface area contributed by atoms with E-state index in [1.807, 2.05) is 11.8 Å². The molecule has 4 rings (SSSR count). The minimum absolute atomic E-state index is 0.0970. The van der Waals surface area contributed by atoms with Crippen LogP contribution >= 0.6 is 34.7 Å². The molecule has 0 spiro atoms. The van der Waals surface area contributed by atoms with E-state index < -0.39 is 17.6 Å². The maximum absolute atomic E-state index is 15.6. The molecular weight excluding hydrogens is 507 g/mol. The van der Waals surface area contributed by atoms with Crippen LogP contribution in [0.2, 0.25) is 5.02 Å². The van der Waals surface area contributed by atoms with Gasteiger partial charge in [-0.2, -0.15) is 0 Å². The highest BCUT2D eigenvalue weighted by atomic mass is 35.5. The molecule has 9 heteroatoms. The second-order valence-electron chi connectivity index (χ2n) is 8.97. The van der Waals surface area contributed by atoms with Crippen molar-refractivity contribution in [2.24, 2.45) is 5.41 Å². The average molecular weight is 537 g/mol. The SMILES string of the molecule is COc1ccc2ncc(Cl)c([C@H](F)CCC3(C(=O)O)CCN(CCCSc4cccs4)CC3)c2c1. The van der Waals surface area contributed by atoms with E-state index in [0.29, 0.717) is 35.1 Å². The summed E-state index contributed by atoms with van der Waals surface area (Å²) in [6.45, 7) is 2.41. The van der Waals surface area contributed by atoms with Crippen molar-refractivity contribution >= 4 is 51.6 Å². The Morgan fingerprint density at radius 1 is 1.37 bits per heavy atom. The first-order valence-corrected chi connectivity index (χ1v) is 14.0. The Bertz CT molecular complexity index is 1140. The summed E-state index contributed by atoms with van der Waals surface area (Å²) >= 11 is 9.98. The number of hydrogen-bond acceptors (Lipinski definition) is 6. The summed E-state index contributed by atoms with van der Waals surface area (Å²) in [4.78, 5) is 18.9. The van der Waals surface area contributed by atoms with E-state index in [0.717, 1.165) is 31.8 Å². The van der Waals surface area contributed by atoms with Gasteiger partial charge in [0.05, 0.1) is 27.3 Å². The lowest BCUT2D eigenvalue weighted by Gasteiger charge is -2.39. The smallest absolute Gasteiger partial charge is 0.309 e. The zero-order valence-corrected chi connectivity index (χ0v) is 22.1. The first kappa shape index (κ1) is 26.2. The first-order chi connectivity index (χ1) is 16.9. The number of rotatable bonds is 11. The number of pyridine rings is 1. The van der Waals surface area contributed by atoms with Gasteiger partial charge in [-0.25, -0.2) is 4.39 Å². The maximum Gasteiger partial charge on any atom is 0.309 e. The molecule has 0 radical (unpaired) electrons. The Hall–Kier alpha value is -1.87. The van der Waals surface area contributed by atoms with Gasteiger partial charge in [0.25, 0.3) is 0 Å². The van der Waals surface area contributed by atoms with Gasteiger partial charge in [-0.15, -0.1) is 23.1 Å². The maximum atomic E-state index is 15.6. The van der Waals surface area contributed by atoms with Gasteiger partial charge < -0.3 is 14.7 Å². The van der Waals surface area contributed by atoms with E-state index in [1.165, 1.54) is 10.4 Å². The highest BCUT2D eigenvalue weighted by Crippen LogP contribution is 2.42. The number of likely N-dealkylation sites (tertiary alicyclic amines) is 1. The number of hydrogen-bond donors (Lipinski definition) is 1. The molecule has 188 valence electrons. The van der Waals surface area contributed by atoms with Crippen molar-refractivity contribution in [3.05, 3.63) is 52.5 Å². The van der Waals surface area contributed by atoms with Gasteiger partial charge in [-0.1, -0.05) is 17.7 Å². The minimum atomic E-state index is -1.39. The number of aromatic nitrogens is 1. The van der Waals surface area contributed by atoms with Crippen molar-refractivity contribution in [1.29, 1.82) is 0 Å². The van der Waals surface area contributed by atoms with Crippen molar-refractivity contribution in [1.82, 2.24) is 9.88 Å². The van der Waals surface area contributed by atoms with Crippen LogP contribution in [-0.2, 0) is 4.79 Å². The number of alkyl halides is 1. The number of thiophene rings is 1. The van der Waals surface area contributed by atoms with E-state index >= 15 is 4.39 Å². The monoisotopic (exact) mass is 536 g/mol. The highest BCUT2D eigenvalue weighted by Gasteiger charge is 2.41. The number of fused-ring (bicyclic) bond motifs is 1. The standard InChI is InChI=1S/C26H30ClFN2O3S2/c1-33-18-5-6-22-19(16-18)24(20(27)17-29-22)21(28)7-8-26(25(31)32)9-12-30(13-10-26)11-3-15-35-23-4-2-14-34-23/h2,4-6,14,16-17,21H,3,7-13,15H2,1H3,(H,31,32)/t21-/m1/s1. The Balaban J connectivity index is 1.35. The summed E-state index contributed by atoms with van der Waals surface area (Å²) in [5.41, 5.74) is 0.0858. The number of piperidine rings is 1. The van der Waals surface area contributed by atoms with E-state index in [-0.39, 0.29) is 17.9 Å². The molecule has 0 amide bonds. The number of thioether (sulfide) groups is 1. The van der Waals surface area contributed by atoms with Crippen LogP contribution in [-0.4, -0.2) is 53.5 Å². The van der Waals surface area contributed by atoms with Crippen molar-refractivity contribution in [3.8, 4) is 5.75 Å². The molecule has 1 fully saturated rings. The van der Waals surface area contributed by atoms with Crippen LogP contribution in [0, 0.1) is 5.41 Å². The number of halogens is 2. The molecule has 1 aliphatic rings. The van der Waals surface area contributed by atoms with Gasteiger partial charge in [-0.05, 0) is 81.4 Å². The zero-order valence-electron chi connectivity index (χ0n) is 19.7. The van der Waals surface area contributed by atoms with Crippen LogP contribution in [0.15, 0.2) is 46.1 Å². The van der Waals surface area contributed by atoms with Gasteiger partial charge in [0, 0.05) is 22.9 Å². The summed E-state index contributed by atoms with van der Waals surface area (Å²) < 4.78 is 22.2. The molecule has 3 aromatic rings. The molecule has 35 heavy (non-hydrogen) atoms. The lowest BCUT2D eigenvalue weighted by Crippen LogP contribution is -2.44. The molecule has 1 aliphatic heterocycles. The molecule has 0 saturated carbocycles. The molecule has 2 aromatic heterocycles. The molecule has 1 atom stereocenters. The lowest BCUT2D eigenvalue weighted by molar-refractivity contribution is -0.153. The number of ether oxygens (including phenoxy) is 1. The van der Waals surface area contributed by atoms with Gasteiger partial charge in [0.1, 0.15) is 11.9 Å². The van der Waals surface area contributed by atoms with Crippen LogP contribution in [0.1, 0.15) is 43.8 Å². The Kier molecular flexibility index (Phi) is 8.92. The zero-order chi connectivity index (χ0) is 24.8. The van der Waals surface area contributed by atoms with Crippen molar-refractivity contribution in [2.75, 3.05) is 32.5 Å². The predicted octanol–water partition coefficient (Wildman–Crippen LogP) is 7.10. The molecular formula is C26H30ClFN2O3S2. The molecule has 1 saturated heterocycles. The number of benzene rings is 1. The number of aliphatic carboxylic acids is 1. The molecule has 0 bridgehead atoms. The van der Waals surface area contributed by atoms with E-state index in [2.05, 4.69) is 27.4 Å². The van der Waals surface area contributed by atoms with Gasteiger partial charge in [0.15, 0.2) is 0 Å². The Morgan fingerprint density at radius 3 is 2.86 bits per heavy atom. The summed E-state index contributed by atoms with van der Waals surface area (Å²) in [6, 6.07) is 9.47. The Morgan fingerprint density at radius 2 is 2.17 bits per heavy atom. The summed E-state index contributed by atoms with van der Waals surface area (Å²) in [5, 5.41) is 13.0. The molecule has 1 N–H and O–H groups in total. The fraction of sp³-hybridized carbons (Fsp3) is 0.462. The molecule has 0 unspecified atom stereocenters. The number of carboxylic acids is 1. The second kappa shape index (κ2) is 11.9. The first-order valence-electron chi connectivity index (χ1n) is 11.8. The number of nitrogens with zero attached hydrogens (tertiary/aromatic N) is 2.